The largest absolute Gasteiger partial charge is 0.398 e. The second-order valence-corrected chi connectivity index (χ2v) is 6.35. The van der Waals surface area contributed by atoms with Crippen LogP contribution >= 0.6 is 11.3 Å². The van der Waals surface area contributed by atoms with E-state index >= 15 is 0 Å². The molecule has 1 aliphatic rings. The van der Waals surface area contributed by atoms with E-state index in [-0.39, 0.29) is 0 Å². The van der Waals surface area contributed by atoms with Crippen LogP contribution < -0.4 is 11.1 Å². The van der Waals surface area contributed by atoms with Crippen molar-refractivity contribution in [2.75, 3.05) is 31.9 Å². The van der Waals surface area contributed by atoms with Crippen LogP contribution in [0.1, 0.15) is 31.1 Å². The van der Waals surface area contributed by atoms with Crippen molar-refractivity contribution in [1.29, 1.82) is 0 Å². The second-order valence-electron chi connectivity index (χ2n) is 5.35. The average molecular weight is 267 g/mol. The van der Waals surface area contributed by atoms with Gasteiger partial charge < -0.3 is 16.0 Å². The van der Waals surface area contributed by atoms with Crippen molar-refractivity contribution >= 4 is 17.0 Å². The maximum Gasteiger partial charge on any atom is 0.0468 e. The zero-order chi connectivity index (χ0) is 12.8. The number of anilines is 1. The predicted molar refractivity (Wildman–Crippen MR) is 79.9 cm³/mol. The van der Waals surface area contributed by atoms with Crippen LogP contribution in [0.5, 0.6) is 0 Å². The summed E-state index contributed by atoms with van der Waals surface area (Å²) in [7, 11) is 0. The summed E-state index contributed by atoms with van der Waals surface area (Å²) < 4.78 is 0. The fraction of sp³-hybridized carbons (Fsp3) is 0.714. The van der Waals surface area contributed by atoms with E-state index < -0.39 is 0 Å². The lowest BCUT2D eigenvalue weighted by atomic mass is 9.99. The van der Waals surface area contributed by atoms with Crippen molar-refractivity contribution in [1.82, 2.24) is 10.2 Å². The van der Waals surface area contributed by atoms with Gasteiger partial charge in [0.15, 0.2) is 0 Å². The number of nitrogens with two attached hydrogens (primary N) is 1. The van der Waals surface area contributed by atoms with Gasteiger partial charge in [-0.2, -0.15) is 0 Å². The molecule has 1 saturated heterocycles. The summed E-state index contributed by atoms with van der Waals surface area (Å²) in [5.41, 5.74) is 6.78. The summed E-state index contributed by atoms with van der Waals surface area (Å²) in [5, 5.41) is 5.54. The van der Waals surface area contributed by atoms with E-state index in [0.29, 0.717) is 0 Å². The molecule has 0 unspecified atom stereocenters. The van der Waals surface area contributed by atoms with Crippen LogP contribution in [0, 0.1) is 5.92 Å². The molecule has 2 rings (SSSR count). The number of thiophene rings is 1. The number of nitrogen functional groups attached to an aromatic ring is 1. The summed E-state index contributed by atoms with van der Waals surface area (Å²) in [6.45, 7) is 8.19. The third kappa shape index (κ3) is 4.26. The molecule has 0 spiro atoms. The Morgan fingerprint density at radius 3 is 2.89 bits per heavy atom. The first-order valence-electron chi connectivity index (χ1n) is 7.00. The number of nitrogens with zero attached hydrogens (tertiary/aromatic N) is 1. The third-order valence-corrected chi connectivity index (χ3v) is 4.71. The van der Waals surface area contributed by atoms with Crippen molar-refractivity contribution < 1.29 is 0 Å². The minimum absolute atomic E-state index is 0.917. The normalized spacial score (nSPS) is 18.3. The Kier molecular flexibility index (Phi) is 5.47. The van der Waals surface area contributed by atoms with Crippen molar-refractivity contribution in [2.45, 2.75) is 32.7 Å². The molecule has 1 aliphatic heterocycles. The Morgan fingerprint density at radius 1 is 1.44 bits per heavy atom. The number of piperidine rings is 1. The monoisotopic (exact) mass is 267 g/mol. The van der Waals surface area contributed by atoms with Gasteiger partial charge in [0.2, 0.25) is 0 Å². The molecule has 3 nitrogen and oxygen atoms in total. The lowest BCUT2D eigenvalue weighted by Crippen LogP contribution is -2.34. The van der Waals surface area contributed by atoms with Crippen LogP contribution in [0.4, 0.5) is 5.69 Å². The molecule has 1 fully saturated rings. The van der Waals surface area contributed by atoms with E-state index in [2.05, 4.69) is 22.5 Å². The number of nitrogens with one attached hydrogen (secondary N) is 1. The van der Waals surface area contributed by atoms with Crippen molar-refractivity contribution in [3.8, 4) is 0 Å². The van der Waals surface area contributed by atoms with Crippen LogP contribution in [-0.4, -0.2) is 31.1 Å². The molecule has 18 heavy (non-hydrogen) atoms. The first-order valence-corrected chi connectivity index (χ1v) is 7.88. The van der Waals surface area contributed by atoms with Gasteiger partial charge in [-0.25, -0.2) is 0 Å². The first-order chi connectivity index (χ1) is 8.75. The van der Waals surface area contributed by atoms with Gasteiger partial charge in [0.1, 0.15) is 0 Å². The highest BCUT2D eigenvalue weighted by Gasteiger charge is 2.14. The standard InChI is InChI=1S/C14H25N3S/c1-12-3-8-17(9-4-12)7-2-6-16-11-14-13(15)5-10-18-14/h5,10,12,16H,2-4,6-9,11,15H2,1H3. The van der Waals surface area contributed by atoms with E-state index in [9.17, 15) is 0 Å². The Hall–Kier alpha value is -0.580. The number of hydrogen-bond donors (Lipinski definition) is 2. The molecule has 3 N–H and O–H groups in total. The number of rotatable bonds is 6. The van der Waals surface area contributed by atoms with Crippen LogP contribution in [0.15, 0.2) is 11.4 Å². The van der Waals surface area contributed by atoms with E-state index in [1.54, 1.807) is 11.3 Å². The van der Waals surface area contributed by atoms with Gasteiger partial charge in [-0.05, 0) is 62.8 Å². The second kappa shape index (κ2) is 7.12. The Bertz CT molecular complexity index is 343. The molecular weight excluding hydrogens is 242 g/mol. The van der Waals surface area contributed by atoms with Crippen LogP contribution in [0.25, 0.3) is 0 Å². The maximum absolute atomic E-state index is 5.85. The van der Waals surface area contributed by atoms with E-state index in [1.165, 1.54) is 43.8 Å². The van der Waals surface area contributed by atoms with Crippen LogP contribution in [0.2, 0.25) is 0 Å². The molecule has 0 aliphatic carbocycles. The predicted octanol–water partition coefficient (Wildman–Crippen LogP) is 2.54. The summed E-state index contributed by atoms with van der Waals surface area (Å²) in [6.07, 6.45) is 3.98. The third-order valence-electron chi connectivity index (χ3n) is 3.77. The molecule has 4 heteroatoms. The summed E-state index contributed by atoms with van der Waals surface area (Å²) >= 11 is 1.74. The summed E-state index contributed by atoms with van der Waals surface area (Å²) in [4.78, 5) is 3.86. The van der Waals surface area contributed by atoms with Crippen molar-refractivity contribution in [2.24, 2.45) is 5.92 Å². The van der Waals surface area contributed by atoms with Gasteiger partial charge in [0, 0.05) is 17.1 Å². The number of hydrogen-bond acceptors (Lipinski definition) is 4. The molecule has 0 aromatic carbocycles. The molecule has 0 atom stereocenters. The smallest absolute Gasteiger partial charge is 0.0468 e. The maximum atomic E-state index is 5.85. The van der Waals surface area contributed by atoms with E-state index in [0.717, 1.165) is 24.7 Å². The quantitative estimate of drug-likeness (QED) is 0.778. The van der Waals surface area contributed by atoms with Crippen molar-refractivity contribution in [3.05, 3.63) is 16.3 Å². The zero-order valence-electron chi connectivity index (χ0n) is 11.3. The van der Waals surface area contributed by atoms with E-state index in [1.807, 2.05) is 6.07 Å². The van der Waals surface area contributed by atoms with Gasteiger partial charge in [-0.1, -0.05) is 6.92 Å². The molecular formula is C14H25N3S. The molecule has 0 radical (unpaired) electrons. The molecule has 0 saturated carbocycles. The highest BCUT2D eigenvalue weighted by atomic mass is 32.1. The van der Waals surface area contributed by atoms with Crippen LogP contribution in [0.3, 0.4) is 0 Å². The van der Waals surface area contributed by atoms with Gasteiger partial charge >= 0.3 is 0 Å². The van der Waals surface area contributed by atoms with Crippen LogP contribution in [-0.2, 0) is 6.54 Å². The van der Waals surface area contributed by atoms with Gasteiger partial charge in [-0.3, -0.25) is 0 Å². The molecule has 1 aromatic rings. The van der Waals surface area contributed by atoms with Gasteiger partial charge in [-0.15, -0.1) is 11.3 Å². The van der Waals surface area contributed by atoms with Crippen molar-refractivity contribution in [3.63, 3.8) is 0 Å². The highest BCUT2D eigenvalue weighted by molar-refractivity contribution is 7.10. The Labute approximate surface area is 114 Å². The highest BCUT2D eigenvalue weighted by Crippen LogP contribution is 2.18. The average Bonchev–Trinajstić information content (AvgIpc) is 2.77. The molecule has 0 amide bonds. The molecule has 1 aromatic heterocycles. The topological polar surface area (TPSA) is 41.3 Å². The lowest BCUT2D eigenvalue weighted by molar-refractivity contribution is 0.190. The minimum Gasteiger partial charge on any atom is -0.398 e. The SMILES string of the molecule is CC1CCN(CCCNCc2sccc2N)CC1. The lowest BCUT2D eigenvalue weighted by Gasteiger charge is -2.30. The Morgan fingerprint density at radius 2 is 2.22 bits per heavy atom. The zero-order valence-corrected chi connectivity index (χ0v) is 12.1. The molecule has 102 valence electrons. The number of likely N-dealkylation sites (tertiary alicyclic amines) is 1. The minimum atomic E-state index is 0.917. The van der Waals surface area contributed by atoms with Gasteiger partial charge in [0.05, 0.1) is 0 Å². The first kappa shape index (κ1) is 13.8. The summed E-state index contributed by atoms with van der Waals surface area (Å²) in [6, 6.07) is 1.98. The van der Waals surface area contributed by atoms with E-state index in [4.69, 9.17) is 5.73 Å². The summed E-state index contributed by atoms with van der Waals surface area (Å²) in [5.74, 6) is 0.932. The fourth-order valence-electron chi connectivity index (χ4n) is 2.41. The van der Waals surface area contributed by atoms with Gasteiger partial charge in [0.25, 0.3) is 0 Å². The Balaban J connectivity index is 1.53. The molecule has 2 heterocycles. The fourth-order valence-corrected chi connectivity index (χ4v) is 3.18. The molecule has 0 bridgehead atoms.